The van der Waals surface area contributed by atoms with Crippen LogP contribution in [0.3, 0.4) is 0 Å². The van der Waals surface area contributed by atoms with E-state index < -0.39 is 5.60 Å². The van der Waals surface area contributed by atoms with Crippen LogP contribution in [-0.4, -0.2) is 20.5 Å². The number of aliphatic hydroxyl groups is 1. The van der Waals surface area contributed by atoms with Gasteiger partial charge in [0.25, 0.3) is 0 Å². The van der Waals surface area contributed by atoms with Crippen LogP contribution in [-0.2, 0) is 13.5 Å². The Morgan fingerprint density at radius 1 is 1.69 bits per heavy atom. The Kier molecular flexibility index (Phi) is 2.39. The highest BCUT2D eigenvalue weighted by atomic mass is 16.3. The van der Waals surface area contributed by atoms with E-state index >= 15 is 0 Å². The Labute approximate surface area is 77.4 Å². The van der Waals surface area contributed by atoms with Crippen LogP contribution in [0.1, 0.15) is 25.1 Å². The molecule has 1 heterocycles. The van der Waals surface area contributed by atoms with Crippen molar-refractivity contribution in [3.05, 3.63) is 17.5 Å². The highest BCUT2D eigenvalue weighted by molar-refractivity contribution is 5.30. The SMILES string of the molecule is Cn1cc(CC(C)(C)O)c(C#N)n1. The Morgan fingerprint density at radius 2 is 2.31 bits per heavy atom. The molecule has 0 saturated heterocycles. The molecule has 1 rings (SSSR count). The van der Waals surface area contributed by atoms with E-state index in [0.717, 1.165) is 5.56 Å². The van der Waals surface area contributed by atoms with Crippen molar-refractivity contribution in [3.63, 3.8) is 0 Å². The molecule has 4 heteroatoms. The molecule has 4 nitrogen and oxygen atoms in total. The lowest BCUT2D eigenvalue weighted by Gasteiger charge is -2.15. The molecule has 0 bridgehead atoms. The van der Waals surface area contributed by atoms with Crippen LogP contribution in [0.4, 0.5) is 0 Å². The van der Waals surface area contributed by atoms with Crippen molar-refractivity contribution >= 4 is 0 Å². The fourth-order valence-electron chi connectivity index (χ4n) is 1.23. The summed E-state index contributed by atoms with van der Waals surface area (Å²) >= 11 is 0. The number of hydrogen-bond acceptors (Lipinski definition) is 3. The van der Waals surface area contributed by atoms with Gasteiger partial charge in [-0.1, -0.05) is 0 Å². The van der Waals surface area contributed by atoms with Crippen molar-refractivity contribution in [2.24, 2.45) is 7.05 Å². The summed E-state index contributed by atoms with van der Waals surface area (Å²) in [4.78, 5) is 0. The van der Waals surface area contributed by atoms with Crippen molar-refractivity contribution < 1.29 is 5.11 Å². The number of aromatic nitrogens is 2. The minimum atomic E-state index is -0.797. The monoisotopic (exact) mass is 179 g/mol. The molecule has 1 N–H and O–H groups in total. The molecule has 0 aliphatic carbocycles. The fraction of sp³-hybridized carbons (Fsp3) is 0.556. The summed E-state index contributed by atoms with van der Waals surface area (Å²) < 4.78 is 1.58. The fourth-order valence-corrected chi connectivity index (χ4v) is 1.23. The predicted molar refractivity (Wildman–Crippen MR) is 47.9 cm³/mol. The van der Waals surface area contributed by atoms with Gasteiger partial charge in [-0.25, -0.2) is 0 Å². The minimum absolute atomic E-state index is 0.393. The standard InChI is InChI=1S/C9H13N3O/c1-9(2,13)4-7-6-12(3)11-8(7)5-10/h6,13H,4H2,1-3H3. The van der Waals surface area contributed by atoms with Crippen LogP contribution in [0.5, 0.6) is 0 Å². The van der Waals surface area contributed by atoms with Crippen LogP contribution in [0.2, 0.25) is 0 Å². The van der Waals surface area contributed by atoms with Gasteiger partial charge in [-0.2, -0.15) is 10.4 Å². The Bertz CT molecular complexity index is 341. The highest BCUT2D eigenvalue weighted by Crippen LogP contribution is 2.14. The van der Waals surface area contributed by atoms with Gasteiger partial charge >= 0.3 is 0 Å². The average molecular weight is 179 g/mol. The molecule has 0 amide bonds. The Balaban J connectivity index is 2.95. The quantitative estimate of drug-likeness (QED) is 0.723. The number of rotatable bonds is 2. The van der Waals surface area contributed by atoms with E-state index in [1.54, 1.807) is 31.8 Å². The van der Waals surface area contributed by atoms with Gasteiger partial charge in [0.2, 0.25) is 0 Å². The lowest BCUT2D eigenvalue weighted by molar-refractivity contribution is 0.0809. The zero-order chi connectivity index (χ0) is 10.1. The summed E-state index contributed by atoms with van der Waals surface area (Å²) in [6.07, 6.45) is 2.21. The summed E-state index contributed by atoms with van der Waals surface area (Å²) in [5.74, 6) is 0. The molecule has 1 aromatic heterocycles. The Hall–Kier alpha value is -1.34. The third-order valence-electron chi connectivity index (χ3n) is 1.63. The first-order valence-corrected chi connectivity index (χ1v) is 4.07. The summed E-state index contributed by atoms with van der Waals surface area (Å²) in [5.41, 5.74) is 0.386. The first kappa shape index (κ1) is 9.75. The van der Waals surface area contributed by atoms with Gasteiger partial charge < -0.3 is 5.11 Å². The van der Waals surface area contributed by atoms with E-state index in [4.69, 9.17) is 5.26 Å². The molecule has 0 fully saturated rings. The van der Waals surface area contributed by atoms with Crippen molar-refractivity contribution in [2.75, 3.05) is 0 Å². The molecular weight excluding hydrogens is 166 g/mol. The number of hydrogen-bond donors (Lipinski definition) is 1. The van der Waals surface area contributed by atoms with Gasteiger partial charge in [0, 0.05) is 25.2 Å². The maximum atomic E-state index is 9.55. The first-order valence-electron chi connectivity index (χ1n) is 4.07. The molecule has 70 valence electrons. The van der Waals surface area contributed by atoms with Gasteiger partial charge in [-0.15, -0.1) is 0 Å². The normalized spacial score (nSPS) is 11.3. The zero-order valence-electron chi connectivity index (χ0n) is 8.07. The molecule has 1 aromatic rings. The molecule has 0 atom stereocenters. The lowest BCUT2D eigenvalue weighted by Crippen LogP contribution is -2.22. The van der Waals surface area contributed by atoms with E-state index in [9.17, 15) is 5.11 Å². The third kappa shape index (κ3) is 2.56. The molecule has 0 aliphatic rings. The second-order valence-corrected chi connectivity index (χ2v) is 3.78. The summed E-state index contributed by atoms with van der Waals surface area (Å²) in [6, 6.07) is 2.00. The van der Waals surface area contributed by atoms with E-state index in [-0.39, 0.29) is 0 Å². The lowest BCUT2D eigenvalue weighted by atomic mass is 9.99. The molecule has 0 unspecified atom stereocenters. The van der Waals surface area contributed by atoms with Crippen LogP contribution in [0.25, 0.3) is 0 Å². The van der Waals surface area contributed by atoms with Crippen molar-refractivity contribution in [3.8, 4) is 6.07 Å². The zero-order valence-corrected chi connectivity index (χ0v) is 8.07. The van der Waals surface area contributed by atoms with Gasteiger partial charge in [-0.3, -0.25) is 4.68 Å². The minimum Gasteiger partial charge on any atom is -0.390 e. The van der Waals surface area contributed by atoms with E-state index in [1.165, 1.54) is 0 Å². The van der Waals surface area contributed by atoms with Crippen LogP contribution < -0.4 is 0 Å². The number of nitriles is 1. The van der Waals surface area contributed by atoms with Gasteiger partial charge in [-0.05, 0) is 13.8 Å². The molecule has 0 saturated carbocycles. The van der Waals surface area contributed by atoms with Gasteiger partial charge in [0.15, 0.2) is 5.69 Å². The largest absolute Gasteiger partial charge is 0.390 e. The van der Waals surface area contributed by atoms with Crippen LogP contribution in [0.15, 0.2) is 6.20 Å². The summed E-state index contributed by atoms with van der Waals surface area (Å²) in [5, 5.41) is 22.2. The smallest absolute Gasteiger partial charge is 0.165 e. The summed E-state index contributed by atoms with van der Waals surface area (Å²) in [6.45, 7) is 3.42. The number of nitrogens with zero attached hydrogens (tertiary/aromatic N) is 3. The predicted octanol–water partition coefficient (Wildman–Crippen LogP) is 0.605. The van der Waals surface area contributed by atoms with Crippen molar-refractivity contribution in [1.29, 1.82) is 5.26 Å². The second kappa shape index (κ2) is 3.19. The van der Waals surface area contributed by atoms with Crippen molar-refractivity contribution in [1.82, 2.24) is 9.78 Å². The molecule has 0 radical (unpaired) electrons. The second-order valence-electron chi connectivity index (χ2n) is 3.78. The molecule has 0 spiro atoms. The van der Waals surface area contributed by atoms with Gasteiger partial charge in [0.1, 0.15) is 6.07 Å². The molecular formula is C9H13N3O. The Morgan fingerprint density at radius 3 is 2.77 bits per heavy atom. The molecule has 0 aliphatic heterocycles. The van der Waals surface area contributed by atoms with E-state index in [1.807, 2.05) is 6.07 Å². The molecule has 0 aromatic carbocycles. The topological polar surface area (TPSA) is 61.8 Å². The maximum Gasteiger partial charge on any atom is 0.165 e. The average Bonchev–Trinajstić information content (AvgIpc) is 2.27. The van der Waals surface area contributed by atoms with Gasteiger partial charge in [0.05, 0.1) is 5.60 Å². The van der Waals surface area contributed by atoms with Crippen LogP contribution >= 0.6 is 0 Å². The van der Waals surface area contributed by atoms with Crippen molar-refractivity contribution in [2.45, 2.75) is 25.9 Å². The first-order chi connectivity index (χ1) is 5.92. The van der Waals surface area contributed by atoms with E-state index in [0.29, 0.717) is 12.1 Å². The molecule has 13 heavy (non-hydrogen) atoms. The maximum absolute atomic E-state index is 9.55. The highest BCUT2D eigenvalue weighted by Gasteiger charge is 2.17. The number of aryl methyl sites for hydroxylation is 1. The van der Waals surface area contributed by atoms with Crippen LogP contribution in [0, 0.1) is 11.3 Å². The summed E-state index contributed by atoms with van der Waals surface area (Å²) in [7, 11) is 1.76. The van der Waals surface area contributed by atoms with E-state index in [2.05, 4.69) is 5.10 Å². The third-order valence-corrected chi connectivity index (χ3v) is 1.63.